The number of rotatable bonds is 5. The summed E-state index contributed by atoms with van der Waals surface area (Å²) in [6.07, 6.45) is 1.14. The topological polar surface area (TPSA) is 101 Å². The number of quaternary nitrogens is 1. The number of nitrogens with zero attached hydrogens (tertiary/aromatic N) is 1. The van der Waals surface area contributed by atoms with Crippen LogP contribution in [0.5, 0.6) is 5.75 Å². The van der Waals surface area contributed by atoms with E-state index in [1.807, 2.05) is 12.2 Å². The molecule has 0 aromatic heterocycles. The quantitative estimate of drug-likeness (QED) is 0.582. The molecule has 26 heavy (non-hydrogen) atoms. The fraction of sp³-hybridized carbons (Fsp3) is 0.526. The van der Waals surface area contributed by atoms with Crippen LogP contribution in [0.25, 0.3) is 0 Å². The van der Waals surface area contributed by atoms with Crippen molar-refractivity contribution in [3.05, 3.63) is 29.8 Å². The van der Waals surface area contributed by atoms with Gasteiger partial charge in [-0.15, -0.1) is 0 Å². The Morgan fingerprint density at radius 3 is 2.42 bits per heavy atom. The average molecular weight is 361 g/mol. The van der Waals surface area contributed by atoms with Gasteiger partial charge in [-0.1, -0.05) is 6.92 Å². The van der Waals surface area contributed by atoms with Gasteiger partial charge in [-0.3, -0.25) is 14.5 Å². The van der Waals surface area contributed by atoms with Crippen LogP contribution in [0, 0.1) is 11.8 Å². The van der Waals surface area contributed by atoms with Crippen LogP contribution in [0.2, 0.25) is 0 Å². The van der Waals surface area contributed by atoms with Crippen molar-refractivity contribution in [1.29, 1.82) is 0 Å². The third-order valence-corrected chi connectivity index (χ3v) is 5.68. The molecule has 0 aliphatic carbocycles. The zero-order chi connectivity index (χ0) is 19.1. The van der Waals surface area contributed by atoms with E-state index in [4.69, 9.17) is 4.74 Å². The van der Waals surface area contributed by atoms with Gasteiger partial charge in [0.2, 0.25) is 17.4 Å². The van der Waals surface area contributed by atoms with Gasteiger partial charge in [-0.05, 0) is 37.6 Å². The second-order valence-electron chi connectivity index (χ2n) is 6.99. The summed E-state index contributed by atoms with van der Waals surface area (Å²) in [5, 5.41) is 11.4. The van der Waals surface area contributed by atoms with E-state index in [-0.39, 0.29) is 30.2 Å². The number of methoxy groups -OCH3 is 1. The summed E-state index contributed by atoms with van der Waals surface area (Å²) < 4.78 is 5.06. The zero-order valence-electron chi connectivity index (χ0n) is 15.3. The Labute approximate surface area is 152 Å². The molecule has 0 saturated carbocycles. The van der Waals surface area contributed by atoms with Crippen LogP contribution in [-0.2, 0) is 19.1 Å². The molecule has 3 rings (SSSR count). The maximum atomic E-state index is 13.0. The highest BCUT2D eigenvalue weighted by atomic mass is 16.5. The minimum Gasteiger partial charge on any atom is -0.508 e. The molecular weight excluding hydrogens is 336 g/mol. The molecule has 1 aromatic carbocycles. The number of hydrogen-bond acceptors (Lipinski definition) is 5. The van der Waals surface area contributed by atoms with E-state index in [1.54, 1.807) is 31.2 Å². The lowest BCUT2D eigenvalue weighted by atomic mass is 9.77. The fourth-order valence-corrected chi connectivity index (χ4v) is 4.63. The highest BCUT2D eigenvalue weighted by Crippen LogP contribution is 2.46. The molecule has 7 heteroatoms. The standard InChI is InChI=1S/C19H24N2O5/c1-4-10-19(18(25)26-3)14-13(16(23)21(5-2)17(14)24)15(20-19)11-6-8-12(22)9-7-11/h6-9,13-15,20,22H,4-5,10H2,1-3H3/p+1/t13-,14-,15-,19+/m0/s1. The fourth-order valence-electron chi connectivity index (χ4n) is 4.63. The molecule has 2 saturated heterocycles. The smallest absolute Gasteiger partial charge is 0.368 e. The SMILES string of the molecule is CCC[C@@]1(C(=O)OC)[NH2+][C@@H](c2ccc(O)cc2)[C@H]2C(=O)N(CC)C(=O)[C@H]21. The molecule has 3 N–H and O–H groups in total. The lowest BCUT2D eigenvalue weighted by molar-refractivity contribution is -0.735. The predicted molar refractivity (Wildman–Crippen MR) is 91.8 cm³/mol. The van der Waals surface area contributed by atoms with E-state index in [0.717, 1.165) is 5.56 Å². The highest BCUT2D eigenvalue weighted by molar-refractivity contribution is 6.08. The van der Waals surface area contributed by atoms with Crippen LogP contribution in [0.4, 0.5) is 0 Å². The number of phenols is 1. The summed E-state index contributed by atoms with van der Waals surface area (Å²) in [7, 11) is 1.31. The molecule has 0 unspecified atom stereocenters. The van der Waals surface area contributed by atoms with Gasteiger partial charge in [0, 0.05) is 18.5 Å². The number of hydrogen-bond donors (Lipinski definition) is 2. The van der Waals surface area contributed by atoms with Gasteiger partial charge >= 0.3 is 5.97 Å². The number of imide groups is 1. The summed E-state index contributed by atoms with van der Waals surface area (Å²) >= 11 is 0. The van der Waals surface area contributed by atoms with Crippen LogP contribution in [-0.4, -0.2) is 47.0 Å². The number of phenolic OH excluding ortho intramolecular Hbond substituents is 1. The summed E-state index contributed by atoms with van der Waals surface area (Å²) in [5.74, 6) is -2.22. The molecule has 2 aliphatic heterocycles. The van der Waals surface area contributed by atoms with Crippen LogP contribution in [0.15, 0.2) is 24.3 Å². The molecule has 2 heterocycles. The number of fused-ring (bicyclic) bond motifs is 1. The Morgan fingerprint density at radius 1 is 1.23 bits per heavy atom. The summed E-state index contributed by atoms with van der Waals surface area (Å²) in [5.41, 5.74) is -0.299. The van der Waals surface area contributed by atoms with Crippen molar-refractivity contribution >= 4 is 17.8 Å². The van der Waals surface area contributed by atoms with Crippen molar-refractivity contribution in [2.75, 3.05) is 13.7 Å². The van der Waals surface area contributed by atoms with Crippen molar-refractivity contribution in [1.82, 2.24) is 4.90 Å². The highest BCUT2D eigenvalue weighted by Gasteiger charge is 2.71. The molecule has 0 spiro atoms. The van der Waals surface area contributed by atoms with Gasteiger partial charge in [-0.25, -0.2) is 4.79 Å². The number of nitrogens with two attached hydrogens (primary N) is 1. The van der Waals surface area contributed by atoms with Crippen molar-refractivity contribution in [2.24, 2.45) is 11.8 Å². The van der Waals surface area contributed by atoms with E-state index in [0.29, 0.717) is 12.8 Å². The van der Waals surface area contributed by atoms with Crippen molar-refractivity contribution in [3.63, 3.8) is 0 Å². The first-order valence-electron chi connectivity index (χ1n) is 8.99. The number of carbonyl (C=O) groups is 3. The summed E-state index contributed by atoms with van der Waals surface area (Å²) in [6.45, 7) is 3.99. The van der Waals surface area contributed by atoms with Crippen LogP contribution < -0.4 is 5.32 Å². The second kappa shape index (κ2) is 6.72. The van der Waals surface area contributed by atoms with Crippen LogP contribution in [0.3, 0.4) is 0 Å². The first kappa shape index (κ1) is 18.4. The average Bonchev–Trinajstić information content (AvgIpc) is 3.10. The third kappa shape index (κ3) is 2.49. The largest absolute Gasteiger partial charge is 0.508 e. The van der Waals surface area contributed by atoms with E-state index < -0.39 is 23.3 Å². The molecule has 2 amide bonds. The van der Waals surface area contributed by atoms with Gasteiger partial charge in [0.25, 0.3) is 0 Å². The first-order valence-corrected chi connectivity index (χ1v) is 8.99. The molecule has 2 fully saturated rings. The Bertz CT molecular complexity index is 732. The summed E-state index contributed by atoms with van der Waals surface area (Å²) in [6, 6.07) is 6.20. The van der Waals surface area contributed by atoms with E-state index in [9.17, 15) is 19.5 Å². The molecule has 0 bridgehead atoms. The van der Waals surface area contributed by atoms with Gasteiger partial charge in [0.05, 0.1) is 7.11 Å². The van der Waals surface area contributed by atoms with Crippen LogP contribution in [0.1, 0.15) is 38.3 Å². The molecule has 7 nitrogen and oxygen atoms in total. The maximum Gasteiger partial charge on any atom is 0.368 e. The summed E-state index contributed by atoms with van der Waals surface area (Å²) in [4.78, 5) is 40.0. The zero-order valence-corrected chi connectivity index (χ0v) is 15.3. The number of carbonyl (C=O) groups excluding carboxylic acids is 3. The predicted octanol–water partition coefficient (Wildman–Crippen LogP) is 0.343. The van der Waals surface area contributed by atoms with E-state index in [2.05, 4.69) is 0 Å². The van der Waals surface area contributed by atoms with Crippen molar-refractivity contribution in [3.8, 4) is 5.75 Å². The van der Waals surface area contributed by atoms with Gasteiger partial charge < -0.3 is 15.2 Å². The van der Waals surface area contributed by atoms with Crippen molar-refractivity contribution < 1.29 is 29.5 Å². The second-order valence-corrected chi connectivity index (χ2v) is 6.99. The molecule has 140 valence electrons. The third-order valence-electron chi connectivity index (χ3n) is 5.68. The number of ether oxygens (including phenoxy) is 1. The Morgan fingerprint density at radius 2 is 1.88 bits per heavy atom. The molecule has 4 atom stereocenters. The maximum absolute atomic E-state index is 13.0. The first-order chi connectivity index (χ1) is 12.4. The monoisotopic (exact) mass is 361 g/mol. The Balaban J connectivity index is 2.13. The number of esters is 1. The van der Waals surface area contributed by atoms with E-state index in [1.165, 1.54) is 12.0 Å². The molecule has 0 radical (unpaired) electrons. The number of likely N-dealkylation sites (tertiary alicyclic amines) is 1. The lowest BCUT2D eigenvalue weighted by Gasteiger charge is -2.28. The number of benzene rings is 1. The number of amides is 2. The van der Waals surface area contributed by atoms with Gasteiger partial charge in [0.1, 0.15) is 23.6 Å². The normalized spacial score (nSPS) is 30.6. The Kier molecular flexibility index (Phi) is 4.75. The molecule has 1 aromatic rings. The lowest BCUT2D eigenvalue weighted by Crippen LogP contribution is -2.98. The minimum atomic E-state index is -1.10. The molecular formula is C19H25N2O5+. The Hall–Kier alpha value is -2.41. The van der Waals surface area contributed by atoms with Gasteiger partial charge in [-0.2, -0.15) is 0 Å². The van der Waals surface area contributed by atoms with Crippen molar-refractivity contribution in [2.45, 2.75) is 38.3 Å². The number of aromatic hydroxyl groups is 1. The van der Waals surface area contributed by atoms with Gasteiger partial charge in [0.15, 0.2) is 0 Å². The minimum absolute atomic E-state index is 0.125. The molecule has 2 aliphatic rings. The van der Waals surface area contributed by atoms with Crippen LogP contribution >= 0.6 is 0 Å². The van der Waals surface area contributed by atoms with E-state index >= 15 is 0 Å².